The number of benzene rings is 1. The maximum Gasteiger partial charge on any atom is 0.338 e. The molecule has 1 aromatic carbocycles. The number of anilines is 1. The third-order valence-electron chi connectivity index (χ3n) is 3.28. The van der Waals surface area contributed by atoms with Crippen LogP contribution in [0.4, 0.5) is 5.69 Å². The van der Waals surface area contributed by atoms with Crippen LogP contribution in [0.5, 0.6) is 0 Å². The molecule has 0 saturated heterocycles. The summed E-state index contributed by atoms with van der Waals surface area (Å²) < 4.78 is 5.05. The third kappa shape index (κ3) is 8.62. The molecule has 0 aromatic heterocycles. The summed E-state index contributed by atoms with van der Waals surface area (Å²) in [4.78, 5) is 36.5. The lowest BCUT2D eigenvalue weighted by Crippen LogP contribution is -3.11. The minimum Gasteiger partial charge on any atom is -0.462 e. The number of rotatable bonds is 8. The largest absolute Gasteiger partial charge is 0.462 e. The van der Waals surface area contributed by atoms with Crippen molar-refractivity contribution in [1.29, 1.82) is 0 Å². The Morgan fingerprint density at radius 2 is 1.62 bits per heavy atom. The molecule has 0 aliphatic carbocycles. The fourth-order valence-corrected chi connectivity index (χ4v) is 2.25. The summed E-state index contributed by atoms with van der Waals surface area (Å²) in [5, 5.41) is 5.63. The summed E-state index contributed by atoms with van der Waals surface area (Å²) >= 11 is 0. The van der Waals surface area contributed by atoms with Crippen LogP contribution in [0.2, 0.25) is 0 Å². The van der Waals surface area contributed by atoms with Gasteiger partial charge in [-0.05, 0) is 51.5 Å². The van der Waals surface area contributed by atoms with E-state index in [9.17, 15) is 14.4 Å². The van der Waals surface area contributed by atoms with Gasteiger partial charge in [-0.2, -0.15) is 0 Å². The highest BCUT2D eigenvalue weighted by Gasteiger charge is 2.18. The Balaban J connectivity index is 2.47. The topological polar surface area (TPSA) is 88.9 Å². The van der Waals surface area contributed by atoms with Gasteiger partial charge in [-0.1, -0.05) is 6.92 Å². The minimum atomic E-state index is -0.376. The SMILES string of the molecule is CCCOC(=O)c1ccc(NC(=O)C[NH+](C)CC(=O)NC(C)(C)C)cc1. The van der Waals surface area contributed by atoms with E-state index in [2.05, 4.69) is 10.6 Å². The van der Waals surface area contributed by atoms with Gasteiger partial charge in [0, 0.05) is 11.2 Å². The molecule has 7 heteroatoms. The summed E-state index contributed by atoms with van der Waals surface area (Å²) in [6.45, 7) is 8.43. The smallest absolute Gasteiger partial charge is 0.338 e. The minimum absolute atomic E-state index is 0.0993. The Morgan fingerprint density at radius 3 is 2.15 bits per heavy atom. The van der Waals surface area contributed by atoms with Gasteiger partial charge in [0.15, 0.2) is 13.1 Å². The van der Waals surface area contributed by atoms with Gasteiger partial charge in [0.05, 0.1) is 19.2 Å². The first kappa shape index (κ1) is 21.6. The molecule has 0 saturated carbocycles. The fourth-order valence-electron chi connectivity index (χ4n) is 2.25. The van der Waals surface area contributed by atoms with Crippen molar-refractivity contribution in [2.45, 2.75) is 39.7 Å². The van der Waals surface area contributed by atoms with Gasteiger partial charge in [0.2, 0.25) is 0 Å². The van der Waals surface area contributed by atoms with E-state index in [1.165, 1.54) is 0 Å². The average Bonchev–Trinajstić information content (AvgIpc) is 2.50. The van der Waals surface area contributed by atoms with Gasteiger partial charge in [-0.15, -0.1) is 0 Å². The molecule has 7 nitrogen and oxygen atoms in total. The Kier molecular flexibility index (Phi) is 8.25. The molecule has 1 atom stereocenters. The van der Waals surface area contributed by atoms with Crippen molar-refractivity contribution in [3.8, 4) is 0 Å². The maximum absolute atomic E-state index is 12.1. The molecule has 144 valence electrons. The van der Waals surface area contributed by atoms with Gasteiger partial charge in [0.1, 0.15) is 0 Å². The van der Waals surface area contributed by atoms with Crippen molar-refractivity contribution in [2.75, 3.05) is 32.1 Å². The monoisotopic (exact) mass is 364 g/mol. The second-order valence-corrected chi connectivity index (χ2v) is 7.37. The van der Waals surface area contributed by atoms with Gasteiger partial charge in [0.25, 0.3) is 11.8 Å². The van der Waals surface area contributed by atoms with E-state index in [1.807, 2.05) is 27.7 Å². The molecule has 1 unspecified atom stereocenters. The molecular weight excluding hydrogens is 334 g/mol. The predicted molar refractivity (Wildman–Crippen MR) is 100 cm³/mol. The Bertz CT molecular complexity index is 621. The van der Waals surface area contributed by atoms with E-state index in [1.54, 1.807) is 31.3 Å². The molecular formula is C19H30N3O4+. The molecule has 0 radical (unpaired) electrons. The van der Waals surface area contributed by atoms with Crippen LogP contribution in [-0.2, 0) is 14.3 Å². The van der Waals surface area contributed by atoms with Crippen molar-refractivity contribution in [2.24, 2.45) is 0 Å². The first-order valence-electron chi connectivity index (χ1n) is 8.80. The lowest BCUT2D eigenvalue weighted by molar-refractivity contribution is -0.862. The molecule has 0 aliphatic rings. The molecule has 0 spiro atoms. The summed E-state index contributed by atoms with van der Waals surface area (Å²) in [5.74, 6) is -0.677. The lowest BCUT2D eigenvalue weighted by Gasteiger charge is -2.21. The van der Waals surface area contributed by atoms with E-state index in [0.29, 0.717) is 17.9 Å². The highest BCUT2D eigenvalue weighted by molar-refractivity contribution is 5.93. The second-order valence-electron chi connectivity index (χ2n) is 7.37. The van der Waals surface area contributed by atoms with Crippen molar-refractivity contribution < 1.29 is 24.0 Å². The normalized spacial score (nSPS) is 12.2. The number of quaternary nitrogens is 1. The molecule has 0 heterocycles. The molecule has 26 heavy (non-hydrogen) atoms. The van der Waals surface area contributed by atoms with Gasteiger partial charge >= 0.3 is 5.97 Å². The van der Waals surface area contributed by atoms with E-state index in [0.717, 1.165) is 11.3 Å². The number of esters is 1. The molecule has 0 aliphatic heterocycles. The van der Waals surface area contributed by atoms with Crippen LogP contribution in [0, 0.1) is 0 Å². The van der Waals surface area contributed by atoms with Crippen LogP contribution in [0.25, 0.3) is 0 Å². The second kappa shape index (κ2) is 9.91. The van der Waals surface area contributed by atoms with Crippen LogP contribution in [0.1, 0.15) is 44.5 Å². The zero-order valence-corrected chi connectivity index (χ0v) is 16.3. The Morgan fingerprint density at radius 1 is 1.04 bits per heavy atom. The number of hydrogen-bond donors (Lipinski definition) is 3. The predicted octanol–water partition coefficient (Wildman–Crippen LogP) is 0.621. The number of nitrogens with one attached hydrogen (secondary N) is 3. The summed E-state index contributed by atoms with van der Waals surface area (Å²) in [6, 6.07) is 6.53. The molecule has 3 N–H and O–H groups in total. The van der Waals surface area contributed by atoms with E-state index in [4.69, 9.17) is 4.74 Å². The Labute approximate surface area is 155 Å². The van der Waals surface area contributed by atoms with Crippen molar-refractivity contribution in [3.05, 3.63) is 29.8 Å². The Hall–Kier alpha value is -2.41. The highest BCUT2D eigenvalue weighted by Crippen LogP contribution is 2.10. The molecule has 1 aromatic rings. The van der Waals surface area contributed by atoms with Crippen molar-refractivity contribution >= 4 is 23.5 Å². The van der Waals surface area contributed by atoms with Crippen LogP contribution < -0.4 is 15.5 Å². The zero-order valence-electron chi connectivity index (χ0n) is 16.3. The number of ether oxygens (including phenoxy) is 1. The number of carbonyl (C=O) groups is 3. The number of amides is 2. The van der Waals surface area contributed by atoms with E-state index >= 15 is 0 Å². The highest BCUT2D eigenvalue weighted by atomic mass is 16.5. The van der Waals surface area contributed by atoms with Gasteiger partial charge in [-0.25, -0.2) is 4.79 Å². The van der Waals surface area contributed by atoms with Crippen LogP contribution in [0.15, 0.2) is 24.3 Å². The van der Waals surface area contributed by atoms with Gasteiger partial charge < -0.3 is 20.3 Å². The third-order valence-corrected chi connectivity index (χ3v) is 3.28. The molecule has 0 fully saturated rings. The first-order chi connectivity index (χ1) is 12.1. The molecule has 2 amide bonds. The van der Waals surface area contributed by atoms with Crippen LogP contribution in [0.3, 0.4) is 0 Å². The molecule has 1 rings (SSSR count). The summed E-state index contributed by atoms with van der Waals surface area (Å²) in [6.07, 6.45) is 0.767. The summed E-state index contributed by atoms with van der Waals surface area (Å²) in [5.41, 5.74) is 0.742. The average molecular weight is 364 g/mol. The summed E-state index contributed by atoms with van der Waals surface area (Å²) in [7, 11) is 1.79. The first-order valence-corrected chi connectivity index (χ1v) is 8.80. The van der Waals surface area contributed by atoms with E-state index in [-0.39, 0.29) is 36.4 Å². The maximum atomic E-state index is 12.1. The standard InChI is InChI=1S/C19H29N3O4/c1-6-11-26-18(25)14-7-9-15(10-8-14)20-16(23)12-22(5)13-17(24)21-19(2,3)4/h7-10H,6,11-13H2,1-5H3,(H,20,23)(H,21,24)/p+1. The molecule has 0 bridgehead atoms. The lowest BCUT2D eigenvalue weighted by atomic mass is 10.1. The zero-order chi connectivity index (χ0) is 19.7. The fraction of sp³-hybridized carbons (Fsp3) is 0.526. The van der Waals surface area contributed by atoms with Gasteiger partial charge in [-0.3, -0.25) is 9.59 Å². The van der Waals surface area contributed by atoms with Crippen molar-refractivity contribution in [3.63, 3.8) is 0 Å². The number of likely N-dealkylation sites (N-methyl/N-ethyl adjacent to an activating group) is 1. The van der Waals surface area contributed by atoms with Crippen LogP contribution in [-0.4, -0.2) is 50.1 Å². The quantitative estimate of drug-likeness (QED) is 0.590. The van der Waals surface area contributed by atoms with E-state index < -0.39 is 0 Å². The number of carbonyl (C=O) groups excluding carboxylic acids is 3. The van der Waals surface area contributed by atoms with Crippen LogP contribution >= 0.6 is 0 Å². The number of hydrogen-bond acceptors (Lipinski definition) is 4. The van der Waals surface area contributed by atoms with Crippen molar-refractivity contribution in [1.82, 2.24) is 5.32 Å².